The Morgan fingerprint density at radius 1 is 1.00 bits per heavy atom. The van der Waals surface area contributed by atoms with E-state index < -0.39 is 0 Å². The van der Waals surface area contributed by atoms with Gasteiger partial charge in [-0.05, 0) is 24.3 Å². The molecular weight excluding hydrogens is 354 g/mol. The summed E-state index contributed by atoms with van der Waals surface area (Å²) in [7, 11) is 0. The van der Waals surface area contributed by atoms with Crippen molar-refractivity contribution in [1.82, 2.24) is 4.98 Å². The molecule has 0 unspecified atom stereocenters. The molecule has 14 heavy (non-hydrogen) atoms. The van der Waals surface area contributed by atoms with Crippen LogP contribution in [-0.4, -0.2) is 10.1 Å². The molecule has 3 heteroatoms. The van der Waals surface area contributed by atoms with Gasteiger partial charge in [0.25, 0.3) is 0 Å². The summed E-state index contributed by atoms with van der Waals surface area (Å²) in [4.78, 5) is 4.18. The quantitative estimate of drug-likeness (QED) is 0.844. The summed E-state index contributed by atoms with van der Waals surface area (Å²) < 4.78 is 0. The minimum absolute atomic E-state index is 0. The van der Waals surface area contributed by atoms with Gasteiger partial charge in [0.1, 0.15) is 5.75 Å². The zero-order chi connectivity index (χ0) is 9.10. The maximum atomic E-state index is 9.25. The van der Waals surface area contributed by atoms with E-state index in [2.05, 4.69) is 4.98 Å². The van der Waals surface area contributed by atoms with Gasteiger partial charge < -0.3 is 5.11 Å². The van der Waals surface area contributed by atoms with Crippen LogP contribution in [0.15, 0.2) is 48.7 Å². The molecule has 0 bridgehead atoms. The molecule has 0 atom stereocenters. The third-order valence-electron chi connectivity index (χ3n) is 1.81. The van der Waals surface area contributed by atoms with Crippen LogP contribution in [0.3, 0.4) is 0 Å². The smallest absolute Gasteiger partial charge is 0.116 e. The van der Waals surface area contributed by atoms with Crippen LogP contribution in [0, 0.1) is 0 Å². The van der Waals surface area contributed by atoms with Crippen molar-refractivity contribution in [3.8, 4) is 17.0 Å². The number of pyridine rings is 1. The van der Waals surface area contributed by atoms with Gasteiger partial charge in [0.05, 0.1) is 5.69 Å². The van der Waals surface area contributed by atoms with E-state index in [4.69, 9.17) is 0 Å². The van der Waals surface area contributed by atoms with Crippen LogP contribution in [-0.2, 0) is 20.1 Å². The zero-order valence-corrected chi connectivity index (χ0v) is 9.74. The van der Waals surface area contributed by atoms with Gasteiger partial charge in [0.15, 0.2) is 0 Å². The normalized spacial score (nSPS) is 9.14. The van der Waals surface area contributed by atoms with Crippen molar-refractivity contribution in [1.29, 1.82) is 0 Å². The van der Waals surface area contributed by atoms with E-state index in [-0.39, 0.29) is 25.9 Å². The number of phenols is 1. The van der Waals surface area contributed by atoms with Gasteiger partial charge in [-0.2, -0.15) is 0 Å². The van der Waals surface area contributed by atoms with Crippen LogP contribution < -0.4 is 0 Å². The molecule has 0 aliphatic rings. The van der Waals surface area contributed by atoms with E-state index in [1.807, 2.05) is 24.3 Å². The second-order valence-electron chi connectivity index (χ2n) is 2.77. The molecule has 2 rings (SSSR count). The molecule has 1 aromatic carbocycles. The van der Waals surface area contributed by atoms with Gasteiger partial charge >= 0.3 is 0 Å². The molecule has 0 aliphatic carbocycles. The minimum Gasteiger partial charge on any atom is -0.508 e. The van der Waals surface area contributed by atoms with Crippen LogP contribution in [0.25, 0.3) is 11.3 Å². The molecule has 0 spiro atoms. The van der Waals surface area contributed by atoms with Crippen LogP contribution in [0.1, 0.15) is 0 Å². The van der Waals surface area contributed by atoms with E-state index in [0.29, 0.717) is 0 Å². The van der Waals surface area contributed by atoms with E-state index in [9.17, 15) is 5.11 Å². The summed E-state index contributed by atoms with van der Waals surface area (Å²) in [5.74, 6) is 0.267. The Hall–Kier alpha value is -1.18. The van der Waals surface area contributed by atoms with E-state index >= 15 is 0 Å². The standard InChI is InChI=1S/C11H9NO.Ir/c13-10-5-3-4-9(8-10)11-6-1-2-7-12-11;/h1-8,13H;. The Kier molecular flexibility index (Phi) is 3.81. The fourth-order valence-electron chi connectivity index (χ4n) is 1.20. The summed E-state index contributed by atoms with van der Waals surface area (Å²) in [6.07, 6.45) is 1.74. The summed E-state index contributed by atoms with van der Waals surface area (Å²) in [5, 5.41) is 9.25. The van der Waals surface area contributed by atoms with Gasteiger partial charge in [-0.3, -0.25) is 4.98 Å². The van der Waals surface area contributed by atoms with Gasteiger partial charge in [-0.15, -0.1) is 0 Å². The molecular formula is C11H9IrNO. The first kappa shape index (κ1) is 10.9. The first-order valence-corrected chi connectivity index (χ1v) is 4.07. The molecule has 1 aromatic heterocycles. The van der Waals surface area contributed by atoms with Gasteiger partial charge in [0, 0.05) is 31.9 Å². The molecule has 2 nitrogen and oxygen atoms in total. The van der Waals surface area contributed by atoms with Crippen molar-refractivity contribution in [3.05, 3.63) is 48.7 Å². The van der Waals surface area contributed by atoms with Crippen molar-refractivity contribution in [2.75, 3.05) is 0 Å². The topological polar surface area (TPSA) is 33.1 Å². The predicted octanol–water partition coefficient (Wildman–Crippen LogP) is 2.45. The molecule has 0 saturated carbocycles. The number of benzene rings is 1. The fraction of sp³-hybridized carbons (Fsp3) is 0. The average Bonchev–Trinajstić information content (AvgIpc) is 2.19. The first-order chi connectivity index (χ1) is 6.36. The number of aromatic nitrogens is 1. The van der Waals surface area contributed by atoms with E-state index in [1.165, 1.54) is 0 Å². The number of nitrogens with zero attached hydrogens (tertiary/aromatic N) is 1. The van der Waals surface area contributed by atoms with E-state index in [0.717, 1.165) is 11.3 Å². The number of hydrogen-bond acceptors (Lipinski definition) is 2. The molecule has 2 aromatic rings. The largest absolute Gasteiger partial charge is 0.508 e. The van der Waals surface area contributed by atoms with Crippen LogP contribution in [0.5, 0.6) is 5.75 Å². The van der Waals surface area contributed by atoms with E-state index in [1.54, 1.807) is 24.4 Å². The third kappa shape index (κ3) is 2.41. The minimum atomic E-state index is 0. The Morgan fingerprint density at radius 3 is 2.50 bits per heavy atom. The molecule has 1 heterocycles. The Balaban J connectivity index is 0.000000980. The summed E-state index contributed by atoms with van der Waals surface area (Å²) >= 11 is 0. The Morgan fingerprint density at radius 2 is 1.86 bits per heavy atom. The molecule has 0 aliphatic heterocycles. The molecule has 1 radical (unpaired) electrons. The third-order valence-corrected chi connectivity index (χ3v) is 1.81. The summed E-state index contributed by atoms with van der Waals surface area (Å²) in [5.41, 5.74) is 1.80. The maximum absolute atomic E-state index is 9.25. The molecule has 73 valence electrons. The fourth-order valence-corrected chi connectivity index (χ4v) is 1.20. The second-order valence-corrected chi connectivity index (χ2v) is 2.77. The van der Waals surface area contributed by atoms with Crippen LogP contribution >= 0.6 is 0 Å². The molecule has 0 saturated heterocycles. The van der Waals surface area contributed by atoms with Gasteiger partial charge in [-0.25, -0.2) is 0 Å². The Labute approximate surface area is 96.0 Å². The number of aromatic hydroxyl groups is 1. The first-order valence-electron chi connectivity index (χ1n) is 4.07. The van der Waals surface area contributed by atoms with Crippen molar-refractivity contribution in [2.24, 2.45) is 0 Å². The van der Waals surface area contributed by atoms with Crippen molar-refractivity contribution < 1.29 is 25.2 Å². The van der Waals surface area contributed by atoms with Crippen molar-refractivity contribution in [3.63, 3.8) is 0 Å². The second kappa shape index (κ2) is 4.89. The molecule has 0 amide bonds. The number of rotatable bonds is 1. The van der Waals surface area contributed by atoms with Crippen molar-refractivity contribution >= 4 is 0 Å². The Bertz CT molecular complexity index is 403. The van der Waals surface area contributed by atoms with Crippen LogP contribution in [0.2, 0.25) is 0 Å². The maximum Gasteiger partial charge on any atom is 0.116 e. The molecule has 0 fully saturated rings. The van der Waals surface area contributed by atoms with Crippen LogP contribution in [0.4, 0.5) is 0 Å². The summed E-state index contributed by atoms with van der Waals surface area (Å²) in [6, 6.07) is 12.8. The number of hydrogen-bond donors (Lipinski definition) is 1. The number of phenolic OH excluding ortho intramolecular Hbond substituents is 1. The zero-order valence-electron chi connectivity index (χ0n) is 7.35. The monoisotopic (exact) mass is 364 g/mol. The van der Waals surface area contributed by atoms with Crippen molar-refractivity contribution in [2.45, 2.75) is 0 Å². The van der Waals surface area contributed by atoms with Gasteiger partial charge in [0.2, 0.25) is 0 Å². The SMILES string of the molecule is Oc1cccc(-c2ccccn2)c1.[Ir]. The summed E-state index contributed by atoms with van der Waals surface area (Å²) in [6.45, 7) is 0. The average molecular weight is 363 g/mol. The predicted molar refractivity (Wildman–Crippen MR) is 51.3 cm³/mol. The van der Waals surface area contributed by atoms with Gasteiger partial charge in [-0.1, -0.05) is 18.2 Å². The molecule has 1 N–H and O–H groups in total.